The van der Waals surface area contributed by atoms with E-state index in [2.05, 4.69) is 5.32 Å². The van der Waals surface area contributed by atoms with Crippen LogP contribution in [-0.4, -0.2) is 48.3 Å². The number of carbonyl (C=O) groups excluding carboxylic acids is 2. The first-order chi connectivity index (χ1) is 16.1. The SMILES string of the molecule is CCS(=O)(=O)c1ccc2c(c1)CCN(C(=O)OC(C)(C)C)C2C(=O)Nc1ccc(C(C)(C)O)cc1. The van der Waals surface area contributed by atoms with Gasteiger partial charge in [0.1, 0.15) is 11.6 Å². The third kappa shape index (κ3) is 6.21. The molecule has 0 saturated heterocycles. The van der Waals surface area contributed by atoms with Crippen molar-refractivity contribution in [1.29, 1.82) is 0 Å². The maximum absolute atomic E-state index is 13.5. The first kappa shape index (κ1) is 26.7. The van der Waals surface area contributed by atoms with E-state index in [0.717, 1.165) is 0 Å². The molecule has 2 amide bonds. The number of hydrogen-bond donors (Lipinski definition) is 2. The highest BCUT2D eigenvalue weighted by Crippen LogP contribution is 2.34. The second-order valence-electron chi connectivity index (χ2n) is 10.2. The van der Waals surface area contributed by atoms with Crippen LogP contribution in [0.1, 0.15) is 64.3 Å². The summed E-state index contributed by atoms with van der Waals surface area (Å²) in [4.78, 5) is 28.1. The minimum absolute atomic E-state index is 0.0274. The van der Waals surface area contributed by atoms with Crippen LogP contribution in [0.4, 0.5) is 10.5 Å². The van der Waals surface area contributed by atoms with E-state index in [0.29, 0.717) is 28.8 Å². The van der Waals surface area contributed by atoms with Gasteiger partial charge in [-0.05, 0) is 82.0 Å². The standard InChI is InChI=1S/C26H34N2O6S/c1-7-35(32,33)20-12-13-21-17(16-20)14-15-28(24(30)34-25(2,3)4)22(21)23(29)27-19-10-8-18(9-11-19)26(5,6)31/h8-13,16,22,31H,7,14-15H2,1-6H3,(H,27,29). The molecule has 1 aliphatic heterocycles. The zero-order chi connectivity index (χ0) is 26.2. The number of ether oxygens (including phenoxy) is 1. The lowest BCUT2D eigenvalue weighted by Crippen LogP contribution is -2.47. The van der Waals surface area contributed by atoms with Crippen molar-refractivity contribution in [3.63, 3.8) is 0 Å². The van der Waals surface area contributed by atoms with Gasteiger partial charge in [-0.2, -0.15) is 0 Å². The molecule has 1 aliphatic rings. The molecule has 0 bridgehead atoms. The van der Waals surface area contributed by atoms with Crippen LogP contribution in [-0.2, 0) is 31.4 Å². The maximum Gasteiger partial charge on any atom is 0.411 e. The van der Waals surface area contributed by atoms with Crippen molar-refractivity contribution in [3.05, 3.63) is 59.2 Å². The van der Waals surface area contributed by atoms with E-state index in [1.54, 1.807) is 77.9 Å². The molecule has 2 aromatic rings. The number of rotatable bonds is 5. The topological polar surface area (TPSA) is 113 Å². The molecule has 35 heavy (non-hydrogen) atoms. The van der Waals surface area contributed by atoms with Gasteiger partial charge in [0.15, 0.2) is 9.84 Å². The van der Waals surface area contributed by atoms with Crippen LogP contribution in [0, 0.1) is 0 Å². The van der Waals surface area contributed by atoms with Crippen molar-refractivity contribution < 1.29 is 27.9 Å². The van der Waals surface area contributed by atoms with Crippen LogP contribution in [0.2, 0.25) is 0 Å². The third-order valence-electron chi connectivity index (χ3n) is 5.82. The summed E-state index contributed by atoms with van der Waals surface area (Å²) < 4.78 is 30.3. The predicted molar refractivity (Wildman–Crippen MR) is 134 cm³/mol. The minimum atomic E-state index is -3.41. The number of fused-ring (bicyclic) bond motifs is 1. The second-order valence-corrected chi connectivity index (χ2v) is 12.5. The maximum atomic E-state index is 13.5. The van der Waals surface area contributed by atoms with Gasteiger partial charge in [0.25, 0.3) is 5.91 Å². The average molecular weight is 503 g/mol. The number of anilines is 1. The van der Waals surface area contributed by atoms with Gasteiger partial charge in [-0.25, -0.2) is 13.2 Å². The van der Waals surface area contributed by atoms with Crippen molar-refractivity contribution in [2.24, 2.45) is 0 Å². The molecule has 190 valence electrons. The molecule has 0 aliphatic carbocycles. The average Bonchev–Trinajstić information content (AvgIpc) is 2.76. The lowest BCUT2D eigenvalue weighted by atomic mass is 9.92. The van der Waals surface area contributed by atoms with Crippen molar-refractivity contribution in [2.75, 3.05) is 17.6 Å². The summed E-state index contributed by atoms with van der Waals surface area (Å²) >= 11 is 0. The van der Waals surface area contributed by atoms with Crippen molar-refractivity contribution in [3.8, 4) is 0 Å². The summed E-state index contributed by atoms with van der Waals surface area (Å²) in [6.07, 6.45) is -0.225. The van der Waals surface area contributed by atoms with Crippen LogP contribution in [0.25, 0.3) is 0 Å². The Labute approximate surface area is 207 Å². The molecular formula is C26H34N2O6S. The molecule has 0 aromatic heterocycles. The van der Waals surface area contributed by atoms with E-state index in [1.807, 2.05) is 0 Å². The number of nitrogens with one attached hydrogen (secondary N) is 1. The summed E-state index contributed by atoms with van der Waals surface area (Å²) in [5.41, 5.74) is 0.696. The van der Waals surface area contributed by atoms with Crippen molar-refractivity contribution >= 4 is 27.5 Å². The van der Waals surface area contributed by atoms with E-state index in [-0.39, 0.29) is 17.2 Å². The van der Waals surface area contributed by atoms with Gasteiger partial charge in [0.2, 0.25) is 0 Å². The Morgan fingerprint density at radius 2 is 1.71 bits per heavy atom. The molecular weight excluding hydrogens is 468 g/mol. The normalized spacial score (nSPS) is 16.4. The quantitative estimate of drug-likeness (QED) is 0.634. The molecule has 2 N–H and O–H groups in total. The summed E-state index contributed by atoms with van der Waals surface area (Å²) in [5.74, 6) is -0.473. The molecule has 0 spiro atoms. The highest BCUT2D eigenvalue weighted by molar-refractivity contribution is 7.91. The fourth-order valence-electron chi connectivity index (χ4n) is 3.94. The highest BCUT2D eigenvalue weighted by atomic mass is 32.2. The predicted octanol–water partition coefficient (Wildman–Crippen LogP) is 4.18. The number of aliphatic hydroxyl groups is 1. The van der Waals surface area contributed by atoms with Gasteiger partial charge in [-0.3, -0.25) is 9.69 Å². The monoisotopic (exact) mass is 502 g/mol. The van der Waals surface area contributed by atoms with Gasteiger partial charge < -0.3 is 15.2 Å². The number of sulfone groups is 1. The second kappa shape index (κ2) is 9.62. The Morgan fingerprint density at radius 3 is 2.26 bits per heavy atom. The Hall–Kier alpha value is -2.91. The molecule has 0 fully saturated rings. The van der Waals surface area contributed by atoms with Crippen molar-refractivity contribution in [2.45, 2.75) is 70.1 Å². The summed E-state index contributed by atoms with van der Waals surface area (Å²) in [6.45, 7) is 10.4. The van der Waals surface area contributed by atoms with E-state index >= 15 is 0 Å². The summed E-state index contributed by atoms with van der Waals surface area (Å²) in [5, 5.41) is 13.0. The first-order valence-electron chi connectivity index (χ1n) is 11.6. The molecule has 0 radical (unpaired) electrons. The van der Waals surface area contributed by atoms with Gasteiger partial charge in [-0.1, -0.05) is 25.1 Å². The smallest absolute Gasteiger partial charge is 0.411 e. The van der Waals surface area contributed by atoms with E-state index < -0.39 is 39.1 Å². The molecule has 3 rings (SSSR count). The lowest BCUT2D eigenvalue weighted by molar-refractivity contribution is -0.121. The highest BCUT2D eigenvalue weighted by Gasteiger charge is 2.38. The largest absolute Gasteiger partial charge is 0.444 e. The molecule has 2 aromatic carbocycles. The Bertz CT molecular complexity index is 1210. The van der Waals surface area contributed by atoms with Gasteiger partial charge in [0, 0.05) is 12.2 Å². The number of amides is 2. The van der Waals surface area contributed by atoms with E-state index in [1.165, 1.54) is 11.0 Å². The van der Waals surface area contributed by atoms with Gasteiger partial charge in [-0.15, -0.1) is 0 Å². The van der Waals surface area contributed by atoms with Crippen LogP contribution >= 0.6 is 0 Å². The van der Waals surface area contributed by atoms with Crippen LogP contribution in [0.15, 0.2) is 47.4 Å². The van der Waals surface area contributed by atoms with Crippen molar-refractivity contribution in [1.82, 2.24) is 4.90 Å². The Kier molecular flexibility index (Phi) is 7.34. The fourth-order valence-corrected chi connectivity index (χ4v) is 4.87. The first-order valence-corrected chi connectivity index (χ1v) is 13.3. The zero-order valence-corrected chi connectivity index (χ0v) is 21.9. The number of benzene rings is 2. The molecule has 1 atom stereocenters. The van der Waals surface area contributed by atoms with Crippen LogP contribution in [0.5, 0.6) is 0 Å². The Morgan fingerprint density at radius 1 is 1.09 bits per heavy atom. The molecule has 1 heterocycles. The summed E-state index contributed by atoms with van der Waals surface area (Å²) in [7, 11) is -3.41. The van der Waals surface area contributed by atoms with E-state index in [4.69, 9.17) is 4.74 Å². The van der Waals surface area contributed by atoms with Crippen LogP contribution < -0.4 is 5.32 Å². The Balaban J connectivity index is 1.98. The van der Waals surface area contributed by atoms with Gasteiger partial charge in [0.05, 0.1) is 16.2 Å². The number of carbonyl (C=O) groups is 2. The van der Waals surface area contributed by atoms with Crippen LogP contribution in [0.3, 0.4) is 0 Å². The fraction of sp³-hybridized carbons (Fsp3) is 0.462. The zero-order valence-electron chi connectivity index (χ0n) is 21.1. The number of nitrogens with zero attached hydrogens (tertiary/aromatic N) is 1. The molecule has 0 saturated carbocycles. The number of hydrogen-bond acceptors (Lipinski definition) is 6. The van der Waals surface area contributed by atoms with E-state index in [9.17, 15) is 23.1 Å². The molecule has 8 nitrogen and oxygen atoms in total. The lowest BCUT2D eigenvalue weighted by Gasteiger charge is -2.37. The summed E-state index contributed by atoms with van der Waals surface area (Å²) in [6, 6.07) is 10.5. The molecule has 9 heteroatoms. The minimum Gasteiger partial charge on any atom is -0.444 e. The third-order valence-corrected chi connectivity index (χ3v) is 7.55. The molecule has 1 unspecified atom stereocenters. The van der Waals surface area contributed by atoms with Gasteiger partial charge >= 0.3 is 6.09 Å².